The predicted molar refractivity (Wildman–Crippen MR) is 157 cm³/mol. The number of hydrogen-bond donors (Lipinski definition) is 1. The largest absolute Gasteiger partial charge is 0.337 e. The number of fused-ring (bicyclic) bond motifs is 2. The van der Waals surface area contributed by atoms with E-state index in [1.54, 1.807) is 4.90 Å². The smallest absolute Gasteiger partial charge is 0.270 e. The molecule has 4 aromatic carbocycles. The van der Waals surface area contributed by atoms with Crippen molar-refractivity contribution < 1.29 is 14.0 Å². The Morgan fingerprint density at radius 1 is 0.921 bits per heavy atom. The number of hydrogen-bond acceptors (Lipinski definition) is 4. The SMILES string of the molecule is O=C(Cn1cc(/C=C2/SC(=S)N(c3cccc4ccccc34)C2=O)c2ccccc21)Nc1ccc(F)cc1. The lowest BCUT2D eigenvalue weighted by molar-refractivity contribution is -0.116. The third-order valence-corrected chi connectivity index (χ3v) is 7.65. The van der Waals surface area contributed by atoms with E-state index in [2.05, 4.69) is 5.32 Å². The minimum Gasteiger partial charge on any atom is -0.337 e. The molecule has 1 aromatic heterocycles. The van der Waals surface area contributed by atoms with Crippen molar-refractivity contribution in [1.82, 2.24) is 4.57 Å². The molecule has 0 spiro atoms. The molecule has 0 aliphatic carbocycles. The molecule has 0 atom stereocenters. The van der Waals surface area contributed by atoms with Gasteiger partial charge in [-0.25, -0.2) is 4.39 Å². The van der Waals surface area contributed by atoms with Gasteiger partial charge in [0.2, 0.25) is 5.91 Å². The van der Waals surface area contributed by atoms with E-state index in [1.807, 2.05) is 83.6 Å². The second-order valence-electron chi connectivity index (χ2n) is 8.80. The average Bonchev–Trinajstić information content (AvgIpc) is 3.40. The molecule has 2 amide bonds. The molecule has 8 heteroatoms. The van der Waals surface area contributed by atoms with Gasteiger partial charge in [-0.15, -0.1) is 0 Å². The Morgan fingerprint density at radius 2 is 1.63 bits per heavy atom. The lowest BCUT2D eigenvalue weighted by Gasteiger charge is -2.17. The van der Waals surface area contributed by atoms with Crippen molar-refractivity contribution in [3.63, 3.8) is 0 Å². The summed E-state index contributed by atoms with van der Waals surface area (Å²) in [6.07, 6.45) is 3.69. The Bertz CT molecular complexity index is 1770. The van der Waals surface area contributed by atoms with E-state index in [0.29, 0.717) is 14.9 Å². The maximum absolute atomic E-state index is 13.6. The second kappa shape index (κ2) is 9.89. The van der Waals surface area contributed by atoms with Crippen molar-refractivity contribution in [2.24, 2.45) is 0 Å². The van der Waals surface area contributed by atoms with Gasteiger partial charge in [0, 0.05) is 33.7 Å². The van der Waals surface area contributed by atoms with Crippen molar-refractivity contribution in [1.29, 1.82) is 0 Å². The van der Waals surface area contributed by atoms with Crippen LogP contribution in [0.25, 0.3) is 27.8 Å². The van der Waals surface area contributed by atoms with Crippen molar-refractivity contribution in [2.45, 2.75) is 6.54 Å². The highest BCUT2D eigenvalue weighted by molar-refractivity contribution is 8.27. The van der Waals surface area contributed by atoms with Gasteiger partial charge in [-0.1, -0.05) is 78.6 Å². The van der Waals surface area contributed by atoms with Crippen LogP contribution in [-0.2, 0) is 16.1 Å². The van der Waals surface area contributed by atoms with Crippen LogP contribution in [0.15, 0.2) is 102 Å². The zero-order valence-corrected chi connectivity index (χ0v) is 21.6. The van der Waals surface area contributed by atoms with Crippen LogP contribution in [0.2, 0.25) is 0 Å². The molecule has 5 nitrogen and oxygen atoms in total. The second-order valence-corrected chi connectivity index (χ2v) is 10.5. The molecule has 0 bridgehead atoms. The van der Waals surface area contributed by atoms with Gasteiger partial charge in [-0.3, -0.25) is 14.5 Å². The van der Waals surface area contributed by atoms with Crippen molar-refractivity contribution in [3.05, 3.63) is 113 Å². The number of thiocarbonyl (C=S) groups is 1. The molecule has 1 fully saturated rings. The van der Waals surface area contributed by atoms with Crippen LogP contribution >= 0.6 is 24.0 Å². The summed E-state index contributed by atoms with van der Waals surface area (Å²) in [5.41, 5.74) is 2.95. The Hall–Kier alpha value is -4.27. The minimum absolute atomic E-state index is 0.0582. The predicted octanol–water partition coefficient (Wildman–Crippen LogP) is 6.98. The first-order valence-electron chi connectivity index (χ1n) is 11.9. The van der Waals surface area contributed by atoms with Crippen molar-refractivity contribution in [2.75, 3.05) is 10.2 Å². The van der Waals surface area contributed by atoms with Crippen LogP contribution in [0.3, 0.4) is 0 Å². The van der Waals surface area contributed by atoms with Gasteiger partial charge in [0.1, 0.15) is 12.4 Å². The summed E-state index contributed by atoms with van der Waals surface area (Å²) in [6, 6.07) is 27.1. The van der Waals surface area contributed by atoms with E-state index >= 15 is 0 Å². The summed E-state index contributed by atoms with van der Waals surface area (Å²) >= 11 is 6.89. The highest BCUT2D eigenvalue weighted by Crippen LogP contribution is 2.39. The van der Waals surface area contributed by atoms with Crippen LogP contribution in [-0.4, -0.2) is 20.7 Å². The Labute approximate surface area is 227 Å². The summed E-state index contributed by atoms with van der Waals surface area (Å²) in [4.78, 5) is 28.4. The van der Waals surface area contributed by atoms with Gasteiger partial charge >= 0.3 is 0 Å². The number of thioether (sulfide) groups is 1. The van der Waals surface area contributed by atoms with Crippen molar-refractivity contribution >= 4 is 79.2 Å². The van der Waals surface area contributed by atoms with Gasteiger partial charge in [0.05, 0.1) is 10.6 Å². The van der Waals surface area contributed by atoms with Gasteiger partial charge in [0.25, 0.3) is 5.91 Å². The molecular formula is C30H20FN3O2S2. The Balaban J connectivity index is 1.31. The standard InChI is InChI=1S/C30H20FN3O2S2/c31-21-12-14-22(15-13-21)32-28(35)18-33-17-20(24-9-3-4-10-25(24)33)16-27-29(36)34(30(37)38-27)26-11-5-7-19-6-1-2-8-23(19)26/h1-17H,18H2,(H,32,35)/b27-16+. The maximum Gasteiger partial charge on any atom is 0.270 e. The Kier molecular flexibility index (Phi) is 6.27. The first-order valence-corrected chi connectivity index (χ1v) is 13.1. The van der Waals surface area contributed by atoms with E-state index in [9.17, 15) is 14.0 Å². The van der Waals surface area contributed by atoms with E-state index in [4.69, 9.17) is 12.2 Å². The van der Waals surface area contributed by atoms with Crippen LogP contribution in [0.1, 0.15) is 5.56 Å². The molecule has 1 saturated heterocycles. The van der Waals surface area contributed by atoms with E-state index in [-0.39, 0.29) is 24.2 Å². The molecule has 1 aliphatic rings. The molecule has 6 rings (SSSR count). The molecular weight excluding hydrogens is 517 g/mol. The first kappa shape index (κ1) is 24.1. The average molecular weight is 538 g/mol. The summed E-state index contributed by atoms with van der Waals surface area (Å²) in [7, 11) is 0. The fourth-order valence-electron chi connectivity index (χ4n) is 4.63. The maximum atomic E-state index is 13.6. The van der Waals surface area contributed by atoms with Crippen LogP contribution in [0, 0.1) is 5.82 Å². The number of benzene rings is 4. The third kappa shape index (κ3) is 4.49. The molecule has 1 aliphatic heterocycles. The molecule has 2 heterocycles. The zero-order chi connectivity index (χ0) is 26.2. The molecule has 0 saturated carbocycles. The van der Waals surface area contributed by atoms with Crippen LogP contribution in [0.4, 0.5) is 15.8 Å². The third-order valence-electron chi connectivity index (χ3n) is 6.35. The van der Waals surface area contributed by atoms with E-state index < -0.39 is 0 Å². The molecule has 5 aromatic rings. The molecule has 38 heavy (non-hydrogen) atoms. The number of nitrogens with zero attached hydrogens (tertiary/aromatic N) is 2. The van der Waals surface area contributed by atoms with Gasteiger partial charge in [-0.05, 0) is 47.9 Å². The number of anilines is 2. The van der Waals surface area contributed by atoms with Gasteiger partial charge < -0.3 is 9.88 Å². The monoisotopic (exact) mass is 537 g/mol. The number of carbonyl (C=O) groups excluding carboxylic acids is 2. The van der Waals surface area contributed by atoms with Gasteiger partial charge in [-0.2, -0.15) is 0 Å². The fraction of sp³-hybridized carbons (Fsp3) is 0.0333. The summed E-state index contributed by atoms with van der Waals surface area (Å²) < 4.78 is 15.5. The highest BCUT2D eigenvalue weighted by atomic mass is 32.2. The number of amides is 2. The number of halogens is 1. The molecule has 0 radical (unpaired) electrons. The summed E-state index contributed by atoms with van der Waals surface area (Å²) in [5.74, 6) is -0.789. The van der Waals surface area contributed by atoms with Gasteiger partial charge in [0.15, 0.2) is 4.32 Å². The minimum atomic E-state index is -0.366. The number of para-hydroxylation sites is 1. The van der Waals surface area contributed by atoms with Crippen LogP contribution < -0.4 is 10.2 Å². The lowest BCUT2D eigenvalue weighted by Crippen LogP contribution is -2.27. The fourth-order valence-corrected chi connectivity index (χ4v) is 5.91. The number of carbonyl (C=O) groups is 2. The lowest BCUT2D eigenvalue weighted by atomic mass is 10.1. The number of rotatable bonds is 5. The quantitative estimate of drug-likeness (QED) is 0.194. The first-order chi connectivity index (χ1) is 18.5. The highest BCUT2D eigenvalue weighted by Gasteiger charge is 2.34. The number of aromatic nitrogens is 1. The topological polar surface area (TPSA) is 54.3 Å². The normalized spacial score (nSPS) is 14.7. The van der Waals surface area contributed by atoms with Crippen LogP contribution in [0.5, 0.6) is 0 Å². The number of nitrogens with one attached hydrogen (secondary N) is 1. The summed E-state index contributed by atoms with van der Waals surface area (Å²) in [5, 5.41) is 5.69. The Morgan fingerprint density at radius 3 is 2.45 bits per heavy atom. The zero-order valence-electron chi connectivity index (χ0n) is 19.9. The molecule has 186 valence electrons. The molecule has 0 unspecified atom stereocenters. The molecule has 1 N–H and O–H groups in total. The summed E-state index contributed by atoms with van der Waals surface area (Å²) in [6.45, 7) is 0.0582. The van der Waals surface area contributed by atoms with E-state index in [0.717, 1.165) is 32.9 Å². The van der Waals surface area contributed by atoms with E-state index in [1.165, 1.54) is 36.0 Å². The van der Waals surface area contributed by atoms with Crippen molar-refractivity contribution in [3.8, 4) is 0 Å².